The molecule has 2 fully saturated rings. The summed E-state index contributed by atoms with van der Waals surface area (Å²) in [6.45, 7) is 5.39. The average molecular weight is 431 g/mol. The number of nitriles is 1. The van der Waals surface area contributed by atoms with E-state index in [2.05, 4.69) is 24.1 Å². The summed E-state index contributed by atoms with van der Waals surface area (Å²) in [5, 5.41) is 9.33. The number of hydrogen-bond donors (Lipinski definition) is 0. The largest absolute Gasteiger partial charge is 0.462 e. The van der Waals surface area contributed by atoms with Crippen LogP contribution in [-0.4, -0.2) is 29.1 Å². The summed E-state index contributed by atoms with van der Waals surface area (Å²) >= 11 is 0. The fourth-order valence-corrected chi connectivity index (χ4v) is 5.11. The number of ether oxygens (including phenoxy) is 2. The predicted molar refractivity (Wildman–Crippen MR) is 119 cm³/mol. The van der Waals surface area contributed by atoms with Crippen LogP contribution in [0.4, 0.5) is 0 Å². The van der Waals surface area contributed by atoms with Gasteiger partial charge in [-0.2, -0.15) is 5.26 Å². The Hall–Kier alpha value is -3.46. The Morgan fingerprint density at radius 2 is 2.03 bits per heavy atom. The molecule has 1 aliphatic carbocycles. The summed E-state index contributed by atoms with van der Waals surface area (Å²) in [4.78, 5) is 28.5. The van der Waals surface area contributed by atoms with Crippen LogP contribution in [0.3, 0.4) is 0 Å². The third-order valence-corrected chi connectivity index (χ3v) is 6.69. The number of carbonyl (C=O) groups excluding carboxylic acids is 2. The number of cyclic esters (lactones) is 1. The molecule has 0 spiro atoms. The SMILES string of the molecule is CC(=O)O[C@@H]1C[C@H]2C(=O)O[C@H](C)[C@H]2[C@@H](/C=C/c2ccc(-c3ccccc3C#N)cn2)[C@@H]1C. The molecule has 0 radical (unpaired) electrons. The number of esters is 2. The molecule has 0 N–H and O–H groups in total. The van der Waals surface area contributed by atoms with Crippen molar-refractivity contribution < 1.29 is 19.1 Å². The maximum Gasteiger partial charge on any atom is 0.309 e. The summed E-state index contributed by atoms with van der Waals surface area (Å²) in [7, 11) is 0. The first-order valence-electron chi connectivity index (χ1n) is 10.9. The van der Waals surface area contributed by atoms with Crippen molar-refractivity contribution in [2.45, 2.75) is 39.4 Å². The molecule has 6 heteroatoms. The van der Waals surface area contributed by atoms with E-state index in [1.165, 1.54) is 6.92 Å². The lowest BCUT2D eigenvalue weighted by atomic mass is 9.65. The minimum atomic E-state index is -0.336. The molecule has 1 aromatic carbocycles. The molecule has 0 unspecified atom stereocenters. The molecule has 4 rings (SSSR count). The Morgan fingerprint density at radius 3 is 2.72 bits per heavy atom. The van der Waals surface area contributed by atoms with Crippen molar-refractivity contribution in [2.24, 2.45) is 23.7 Å². The smallest absolute Gasteiger partial charge is 0.309 e. The quantitative estimate of drug-likeness (QED) is 0.668. The van der Waals surface area contributed by atoms with Crippen LogP contribution in [0.5, 0.6) is 0 Å². The van der Waals surface area contributed by atoms with Crippen molar-refractivity contribution >= 4 is 18.0 Å². The molecule has 1 saturated heterocycles. The number of benzene rings is 1. The third kappa shape index (κ3) is 4.16. The highest BCUT2D eigenvalue weighted by molar-refractivity contribution is 5.76. The second kappa shape index (κ2) is 8.96. The maximum atomic E-state index is 12.4. The lowest BCUT2D eigenvalue weighted by molar-refractivity contribution is -0.156. The van der Waals surface area contributed by atoms with Crippen LogP contribution >= 0.6 is 0 Å². The number of pyridine rings is 1. The summed E-state index contributed by atoms with van der Waals surface area (Å²) in [5.41, 5.74) is 3.11. The molecule has 164 valence electrons. The molecule has 2 heterocycles. The number of carbonyl (C=O) groups is 2. The summed E-state index contributed by atoms with van der Waals surface area (Å²) in [6.07, 6.45) is 5.78. The van der Waals surface area contributed by atoms with Crippen molar-refractivity contribution in [1.82, 2.24) is 4.98 Å². The second-order valence-electron chi connectivity index (χ2n) is 8.63. The maximum absolute atomic E-state index is 12.4. The molecule has 0 amide bonds. The van der Waals surface area contributed by atoms with Crippen LogP contribution in [0.25, 0.3) is 17.2 Å². The van der Waals surface area contributed by atoms with Gasteiger partial charge in [-0.1, -0.05) is 37.3 Å². The molecule has 0 bridgehead atoms. The van der Waals surface area contributed by atoms with Crippen LogP contribution in [-0.2, 0) is 19.1 Å². The van der Waals surface area contributed by atoms with E-state index in [0.29, 0.717) is 12.0 Å². The molecule has 1 aromatic heterocycles. The van der Waals surface area contributed by atoms with Crippen LogP contribution in [0.1, 0.15) is 38.4 Å². The molecular formula is C26H26N2O4. The highest BCUT2D eigenvalue weighted by Gasteiger charge is 2.53. The number of hydrogen-bond acceptors (Lipinski definition) is 6. The van der Waals surface area contributed by atoms with E-state index in [9.17, 15) is 14.9 Å². The number of rotatable bonds is 4. The highest BCUT2D eigenvalue weighted by Crippen LogP contribution is 2.47. The van der Waals surface area contributed by atoms with Gasteiger partial charge in [-0.05, 0) is 43.4 Å². The fourth-order valence-electron chi connectivity index (χ4n) is 5.11. The van der Waals surface area contributed by atoms with E-state index in [4.69, 9.17) is 9.47 Å². The minimum absolute atomic E-state index is 0.0142. The summed E-state index contributed by atoms with van der Waals surface area (Å²) in [6, 6.07) is 13.5. The van der Waals surface area contributed by atoms with E-state index in [1.54, 1.807) is 12.3 Å². The zero-order chi connectivity index (χ0) is 22.8. The van der Waals surface area contributed by atoms with E-state index in [0.717, 1.165) is 16.8 Å². The summed E-state index contributed by atoms with van der Waals surface area (Å²) in [5.74, 6) is -0.697. The van der Waals surface area contributed by atoms with Gasteiger partial charge in [-0.25, -0.2) is 0 Å². The van der Waals surface area contributed by atoms with E-state index in [1.807, 2.05) is 43.3 Å². The first-order valence-corrected chi connectivity index (χ1v) is 10.9. The molecule has 6 nitrogen and oxygen atoms in total. The van der Waals surface area contributed by atoms with E-state index in [-0.39, 0.29) is 47.8 Å². The highest BCUT2D eigenvalue weighted by atomic mass is 16.6. The van der Waals surface area contributed by atoms with Gasteiger partial charge in [0.05, 0.1) is 23.2 Å². The fraction of sp³-hybridized carbons (Fsp3) is 0.385. The molecule has 2 aliphatic rings. The standard InChI is InChI=1S/C26H26N2O4/c1-15-21(25-16(2)31-26(30)23(25)12-24(15)32-17(3)29)11-10-20-9-8-19(14-28-20)22-7-5-4-6-18(22)13-27/h4-11,14-16,21,23-25H,12H2,1-3H3/b11-10+/t15-,16+,21-,23+,24+,25-/m0/s1. The Kier molecular flexibility index (Phi) is 6.09. The Balaban J connectivity index is 1.58. The number of aromatic nitrogens is 1. The van der Waals surface area contributed by atoms with Gasteiger partial charge in [0.1, 0.15) is 12.2 Å². The van der Waals surface area contributed by atoms with Crippen LogP contribution < -0.4 is 0 Å². The molecule has 32 heavy (non-hydrogen) atoms. The Labute approximate surface area is 187 Å². The van der Waals surface area contributed by atoms with Gasteiger partial charge in [0.15, 0.2) is 0 Å². The van der Waals surface area contributed by atoms with Crippen molar-refractivity contribution in [3.05, 3.63) is 59.9 Å². The van der Waals surface area contributed by atoms with Gasteiger partial charge in [-0.15, -0.1) is 0 Å². The van der Waals surface area contributed by atoms with Gasteiger partial charge in [0.25, 0.3) is 0 Å². The van der Waals surface area contributed by atoms with Gasteiger partial charge >= 0.3 is 11.9 Å². The monoisotopic (exact) mass is 430 g/mol. The number of fused-ring (bicyclic) bond motifs is 1. The van der Waals surface area contributed by atoms with Crippen LogP contribution in [0.2, 0.25) is 0 Å². The van der Waals surface area contributed by atoms with E-state index >= 15 is 0 Å². The topological polar surface area (TPSA) is 89.3 Å². The molecule has 1 saturated carbocycles. The predicted octanol–water partition coefficient (Wildman–Crippen LogP) is 4.40. The third-order valence-electron chi connectivity index (χ3n) is 6.69. The Bertz CT molecular complexity index is 1090. The molecule has 6 atom stereocenters. The van der Waals surface area contributed by atoms with Gasteiger partial charge < -0.3 is 9.47 Å². The van der Waals surface area contributed by atoms with Crippen molar-refractivity contribution in [1.29, 1.82) is 5.26 Å². The zero-order valence-electron chi connectivity index (χ0n) is 18.4. The first-order chi connectivity index (χ1) is 15.4. The van der Waals surface area contributed by atoms with Crippen molar-refractivity contribution in [3.63, 3.8) is 0 Å². The molecule has 2 aromatic rings. The van der Waals surface area contributed by atoms with Gasteiger partial charge in [0, 0.05) is 30.2 Å². The summed E-state index contributed by atoms with van der Waals surface area (Å²) < 4.78 is 11.1. The van der Waals surface area contributed by atoms with Crippen molar-refractivity contribution in [2.75, 3.05) is 0 Å². The van der Waals surface area contributed by atoms with Crippen LogP contribution in [0, 0.1) is 35.0 Å². The lowest BCUT2D eigenvalue weighted by Crippen LogP contribution is -2.44. The number of allylic oxidation sites excluding steroid dienone is 1. The van der Waals surface area contributed by atoms with Gasteiger partial charge in [-0.3, -0.25) is 14.6 Å². The average Bonchev–Trinajstić information content (AvgIpc) is 3.06. The number of nitrogens with zero attached hydrogens (tertiary/aromatic N) is 2. The normalized spacial score (nSPS) is 29.2. The molecular weight excluding hydrogens is 404 g/mol. The van der Waals surface area contributed by atoms with Crippen molar-refractivity contribution in [3.8, 4) is 17.2 Å². The first kappa shape index (κ1) is 21.8. The lowest BCUT2D eigenvalue weighted by Gasteiger charge is -2.40. The second-order valence-corrected chi connectivity index (χ2v) is 8.63. The Morgan fingerprint density at radius 1 is 1.25 bits per heavy atom. The van der Waals surface area contributed by atoms with Gasteiger partial charge in [0.2, 0.25) is 0 Å². The molecule has 1 aliphatic heterocycles. The zero-order valence-corrected chi connectivity index (χ0v) is 18.4. The van der Waals surface area contributed by atoms with Crippen LogP contribution in [0.15, 0.2) is 48.7 Å². The van der Waals surface area contributed by atoms with E-state index < -0.39 is 0 Å². The minimum Gasteiger partial charge on any atom is -0.462 e.